The first-order chi connectivity index (χ1) is 11.0. The highest BCUT2D eigenvalue weighted by atomic mass is 16.5. The van der Waals surface area contributed by atoms with Gasteiger partial charge in [-0.05, 0) is 45.3 Å². The second-order valence-electron chi connectivity index (χ2n) is 6.61. The molecule has 1 heterocycles. The van der Waals surface area contributed by atoms with E-state index in [-0.39, 0.29) is 17.9 Å². The third-order valence-electron chi connectivity index (χ3n) is 4.63. The minimum Gasteiger partial charge on any atom is -0.381 e. The molecule has 0 aliphatic carbocycles. The Labute approximate surface area is 139 Å². The highest BCUT2D eigenvalue weighted by molar-refractivity contribution is 5.81. The van der Waals surface area contributed by atoms with Crippen molar-refractivity contribution in [3.05, 3.63) is 35.4 Å². The first kappa shape index (κ1) is 17.9. The molecule has 1 amide bonds. The first-order valence-corrected chi connectivity index (χ1v) is 8.33. The molecule has 5 nitrogen and oxygen atoms in total. The van der Waals surface area contributed by atoms with Crippen LogP contribution in [0.3, 0.4) is 0 Å². The Kier molecular flexibility index (Phi) is 6.57. The van der Waals surface area contributed by atoms with Crippen molar-refractivity contribution in [1.82, 2.24) is 10.2 Å². The summed E-state index contributed by atoms with van der Waals surface area (Å²) in [6, 6.07) is 8.12. The number of likely N-dealkylation sites (N-methyl/N-ethyl adjacent to an activating group) is 1. The molecule has 0 spiro atoms. The number of carbonyl (C=O) groups is 1. The predicted molar refractivity (Wildman–Crippen MR) is 92.1 cm³/mol. The summed E-state index contributed by atoms with van der Waals surface area (Å²) >= 11 is 0. The number of amides is 1. The fourth-order valence-corrected chi connectivity index (χ4v) is 2.99. The molecule has 3 N–H and O–H groups in total. The van der Waals surface area contributed by atoms with Crippen LogP contribution >= 0.6 is 0 Å². The summed E-state index contributed by atoms with van der Waals surface area (Å²) in [5.41, 5.74) is 8.56. The molecular weight excluding hydrogens is 290 g/mol. The molecule has 1 aromatic carbocycles. The maximum atomic E-state index is 12.4. The lowest BCUT2D eigenvalue weighted by Gasteiger charge is -2.29. The van der Waals surface area contributed by atoms with Crippen molar-refractivity contribution in [1.29, 1.82) is 0 Å². The van der Waals surface area contributed by atoms with Gasteiger partial charge in [0.05, 0.1) is 12.1 Å². The zero-order chi connectivity index (χ0) is 16.8. The number of ether oxygens (including phenoxy) is 1. The highest BCUT2D eigenvalue weighted by Gasteiger charge is 2.27. The van der Waals surface area contributed by atoms with Crippen molar-refractivity contribution in [2.24, 2.45) is 11.7 Å². The molecule has 1 fully saturated rings. The molecule has 0 aromatic heterocycles. The topological polar surface area (TPSA) is 67.6 Å². The second kappa shape index (κ2) is 8.43. The van der Waals surface area contributed by atoms with Gasteiger partial charge in [-0.2, -0.15) is 0 Å². The molecule has 128 valence electrons. The number of rotatable bonds is 6. The van der Waals surface area contributed by atoms with Gasteiger partial charge >= 0.3 is 0 Å². The second-order valence-corrected chi connectivity index (χ2v) is 6.61. The Hall–Kier alpha value is -1.43. The molecule has 1 aliphatic rings. The van der Waals surface area contributed by atoms with Crippen LogP contribution in [-0.4, -0.2) is 50.7 Å². The van der Waals surface area contributed by atoms with Crippen LogP contribution in [0.25, 0.3) is 0 Å². The molecule has 0 saturated carbocycles. The van der Waals surface area contributed by atoms with Crippen LogP contribution in [-0.2, 0) is 9.53 Å². The van der Waals surface area contributed by atoms with Crippen LogP contribution in [0.15, 0.2) is 24.3 Å². The molecular formula is C18H29N3O2. The Morgan fingerprint density at radius 2 is 1.91 bits per heavy atom. The van der Waals surface area contributed by atoms with Gasteiger partial charge in [0.2, 0.25) is 5.91 Å². The van der Waals surface area contributed by atoms with Gasteiger partial charge < -0.3 is 20.7 Å². The number of hydrogen-bond donors (Lipinski definition) is 2. The van der Waals surface area contributed by atoms with Gasteiger partial charge in [-0.3, -0.25) is 4.79 Å². The van der Waals surface area contributed by atoms with Gasteiger partial charge in [0.25, 0.3) is 0 Å². The Morgan fingerprint density at radius 3 is 2.48 bits per heavy atom. The number of nitrogens with zero attached hydrogens (tertiary/aromatic N) is 1. The zero-order valence-corrected chi connectivity index (χ0v) is 14.4. The zero-order valence-electron chi connectivity index (χ0n) is 14.4. The average Bonchev–Trinajstić information content (AvgIpc) is 2.56. The monoisotopic (exact) mass is 319 g/mol. The fraction of sp³-hybridized carbons (Fsp3) is 0.611. The van der Waals surface area contributed by atoms with E-state index in [2.05, 4.69) is 41.4 Å². The van der Waals surface area contributed by atoms with Crippen LogP contribution in [0.1, 0.15) is 30.0 Å². The molecule has 1 aromatic rings. The van der Waals surface area contributed by atoms with E-state index in [1.165, 1.54) is 11.1 Å². The number of nitrogens with two attached hydrogens (primary N) is 1. The average molecular weight is 319 g/mol. The van der Waals surface area contributed by atoms with E-state index in [1.807, 2.05) is 14.1 Å². The number of hydrogen-bond acceptors (Lipinski definition) is 4. The normalized spacial score (nSPS) is 18.7. The summed E-state index contributed by atoms with van der Waals surface area (Å²) < 4.78 is 5.33. The number of carbonyl (C=O) groups excluding carboxylic acids is 1. The van der Waals surface area contributed by atoms with Crippen molar-refractivity contribution in [3.63, 3.8) is 0 Å². The molecule has 2 unspecified atom stereocenters. The van der Waals surface area contributed by atoms with Gasteiger partial charge in [-0.1, -0.05) is 29.8 Å². The Morgan fingerprint density at radius 1 is 1.30 bits per heavy atom. The molecule has 2 atom stereocenters. The van der Waals surface area contributed by atoms with Crippen molar-refractivity contribution in [2.45, 2.75) is 31.8 Å². The SMILES string of the molecule is Cc1ccc(C(CNC(=O)C(N)C2CCOCC2)N(C)C)cc1. The van der Waals surface area contributed by atoms with E-state index in [4.69, 9.17) is 10.5 Å². The third kappa shape index (κ3) is 5.03. The quantitative estimate of drug-likeness (QED) is 0.833. The summed E-state index contributed by atoms with van der Waals surface area (Å²) in [5, 5.41) is 3.03. The van der Waals surface area contributed by atoms with Crippen LogP contribution in [0.5, 0.6) is 0 Å². The van der Waals surface area contributed by atoms with E-state index in [0.29, 0.717) is 19.8 Å². The first-order valence-electron chi connectivity index (χ1n) is 8.33. The van der Waals surface area contributed by atoms with Gasteiger partial charge in [-0.15, -0.1) is 0 Å². The van der Waals surface area contributed by atoms with E-state index in [0.717, 1.165) is 12.8 Å². The van der Waals surface area contributed by atoms with Crippen molar-refractivity contribution in [3.8, 4) is 0 Å². The minimum absolute atomic E-state index is 0.0594. The Balaban J connectivity index is 1.92. The highest BCUT2D eigenvalue weighted by Crippen LogP contribution is 2.20. The lowest BCUT2D eigenvalue weighted by molar-refractivity contribution is -0.124. The number of nitrogens with one attached hydrogen (secondary N) is 1. The van der Waals surface area contributed by atoms with Crippen LogP contribution in [0.2, 0.25) is 0 Å². The smallest absolute Gasteiger partial charge is 0.237 e. The minimum atomic E-state index is -0.445. The van der Waals surface area contributed by atoms with E-state index in [1.54, 1.807) is 0 Å². The summed E-state index contributed by atoms with van der Waals surface area (Å²) in [7, 11) is 4.05. The van der Waals surface area contributed by atoms with Gasteiger partial charge in [0.1, 0.15) is 0 Å². The van der Waals surface area contributed by atoms with Crippen LogP contribution in [0.4, 0.5) is 0 Å². The molecule has 0 radical (unpaired) electrons. The summed E-state index contributed by atoms with van der Waals surface area (Å²) in [4.78, 5) is 14.5. The van der Waals surface area contributed by atoms with E-state index in [9.17, 15) is 4.79 Å². The fourth-order valence-electron chi connectivity index (χ4n) is 2.99. The third-order valence-corrected chi connectivity index (χ3v) is 4.63. The van der Waals surface area contributed by atoms with Gasteiger partial charge in [-0.25, -0.2) is 0 Å². The van der Waals surface area contributed by atoms with Crippen molar-refractivity contribution < 1.29 is 9.53 Å². The molecule has 2 rings (SSSR count). The maximum Gasteiger partial charge on any atom is 0.237 e. The number of aryl methyl sites for hydroxylation is 1. The summed E-state index contributed by atoms with van der Waals surface area (Å²) in [6.45, 7) is 4.04. The van der Waals surface area contributed by atoms with Gasteiger partial charge in [0, 0.05) is 19.8 Å². The van der Waals surface area contributed by atoms with E-state index >= 15 is 0 Å². The van der Waals surface area contributed by atoms with Crippen LogP contribution < -0.4 is 11.1 Å². The molecule has 5 heteroatoms. The molecule has 23 heavy (non-hydrogen) atoms. The largest absolute Gasteiger partial charge is 0.381 e. The Bertz CT molecular complexity index is 495. The lowest BCUT2D eigenvalue weighted by Crippen LogP contribution is -2.48. The molecule has 0 bridgehead atoms. The molecule has 1 saturated heterocycles. The van der Waals surface area contributed by atoms with Crippen molar-refractivity contribution >= 4 is 5.91 Å². The standard InChI is InChI=1S/C18H29N3O2/c1-13-4-6-14(7-5-13)16(21(2)3)12-20-18(22)17(19)15-8-10-23-11-9-15/h4-7,15-17H,8-12,19H2,1-3H3,(H,20,22). The van der Waals surface area contributed by atoms with Gasteiger partial charge in [0.15, 0.2) is 0 Å². The number of benzene rings is 1. The van der Waals surface area contributed by atoms with E-state index < -0.39 is 6.04 Å². The molecule has 1 aliphatic heterocycles. The van der Waals surface area contributed by atoms with Crippen molar-refractivity contribution in [2.75, 3.05) is 33.9 Å². The summed E-state index contributed by atoms with van der Waals surface area (Å²) in [5.74, 6) is 0.164. The lowest BCUT2D eigenvalue weighted by atomic mass is 9.92. The summed E-state index contributed by atoms with van der Waals surface area (Å²) in [6.07, 6.45) is 1.73. The predicted octanol–water partition coefficient (Wildman–Crippen LogP) is 1.47. The van der Waals surface area contributed by atoms with Crippen LogP contribution in [0, 0.1) is 12.8 Å². The maximum absolute atomic E-state index is 12.4.